The van der Waals surface area contributed by atoms with Gasteiger partial charge in [-0.15, -0.1) is 0 Å². The Morgan fingerprint density at radius 2 is 1.43 bits per heavy atom. The second-order valence-electron chi connectivity index (χ2n) is 8.70. The largest absolute Gasteiger partial charge is 0.493 e. The Morgan fingerprint density at radius 3 is 2.00 bits per heavy atom. The van der Waals surface area contributed by atoms with Gasteiger partial charge in [-0.3, -0.25) is 4.90 Å². The van der Waals surface area contributed by atoms with E-state index < -0.39 is 11.9 Å². The second kappa shape index (κ2) is 13.9. The molecule has 0 radical (unpaired) electrons. The molecule has 1 heterocycles. The Kier molecular flexibility index (Phi) is 10.3. The van der Waals surface area contributed by atoms with Crippen LogP contribution in [0, 0.1) is 17.6 Å². The Labute approximate surface area is 214 Å². The molecular weight excluding hydrogens is 480 g/mol. The van der Waals surface area contributed by atoms with Gasteiger partial charge in [0.1, 0.15) is 17.4 Å². The summed E-state index contributed by atoms with van der Waals surface area (Å²) in [5.41, 5.74) is 2.27. The van der Waals surface area contributed by atoms with Crippen LogP contribution in [0.1, 0.15) is 23.5 Å². The van der Waals surface area contributed by atoms with Gasteiger partial charge >= 0.3 is 11.9 Å². The van der Waals surface area contributed by atoms with Crippen molar-refractivity contribution in [1.82, 2.24) is 4.90 Å². The Bertz CT molecular complexity index is 1150. The minimum atomic E-state index is -1.26. The van der Waals surface area contributed by atoms with Crippen molar-refractivity contribution in [3.05, 3.63) is 114 Å². The zero-order valence-electron chi connectivity index (χ0n) is 20.2. The average Bonchev–Trinajstić information content (AvgIpc) is 2.89. The SMILES string of the molecule is Fc1ccc(CN2CC[C@H](c3ccc(F)cc3)[C@@H](COc3ccccc3)C2)cc1.O=C(O)/C=C\C(=O)O. The lowest BCUT2D eigenvalue weighted by molar-refractivity contribution is -0.134. The van der Waals surface area contributed by atoms with E-state index in [1.807, 2.05) is 54.6 Å². The van der Waals surface area contributed by atoms with Crippen molar-refractivity contribution in [2.45, 2.75) is 18.9 Å². The molecule has 0 amide bonds. The molecule has 0 aromatic heterocycles. The van der Waals surface area contributed by atoms with Gasteiger partial charge in [-0.1, -0.05) is 42.5 Å². The number of para-hydroxylation sites is 1. The molecule has 37 heavy (non-hydrogen) atoms. The van der Waals surface area contributed by atoms with Gasteiger partial charge in [-0.05, 0) is 66.4 Å². The van der Waals surface area contributed by atoms with Crippen molar-refractivity contribution in [3.63, 3.8) is 0 Å². The number of benzene rings is 3. The Morgan fingerprint density at radius 1 is 0.865 bits per heavy atom. The normalized spacial score (nSPS) is 17.6. The number of carbonyl (C=O) groups is 2. The fraction of sp³-hybridized carbons (Fsp3) is 0.241. The van der Waals surface area contributed by atoms with Gasteiger partial charge in [0.25, 0.3) is 0 Å². The molecule has 1 saturated heterocycles. The summed E-state index contributed by atoms with van der Waals surface area (Å²) < 4.78 is 32.7. The minimum Gasteiger partial charge on any atom is -0.493 e. The van der Waals surface area contributed by atoms with Crippen LogP contribution in [-0.4, -0.2) is 46.7 Å². The van der Waals surface area contributed by atoms with Crippen molar-refractivity contribution < 1.29 is 33.3 Å². The van der Waals surface area contributed by atoms with Crippen LogP contribution in [-0.2, 0) is 16.1 Å². The molecule has 194 valence electrons. The summed E-state index contributed by atoms with van der Waals surface area (Å²) in [7, 11) is 0. The number of halogens is 2. The average molecular weight is 510 g/mol. The zero-order chi connectivity index (χ0) is 26.6. The molecule has 6 nitrogen and oxygen atoms in total. The highest BCUT2D eigenvalue weighted by Crippen LogP contribution is 2.34. The number of carboxylic acid groups (broad SMARTS) is 2. The maximum atomic E-state index is 13.4. The number of rotatable bonds is 8. The molecule has 1 aliphatic heterocycles. The van der Waals surface area contributed by atoms with Gasteiger partial charge in [-0.25, -0.2) is 18.4 Å². The third-order valence-electron chi connectivity index (χ3n) is 6.01. The van der Waals surface area contributed by atoms with Crippen molar-refractivity contribution in [2.75, 3.05) is 19.7 Å². The van der Waals surface area contributed by atoms with Crippen LogP contribution >= 0.6 is 0 Å². The molecule has 0 unspecified atom stereocenters. The smallest absolute Gasteiger partial charge is 0.328 e. The van der Waals surface area contributed by atoms with Crippen molar-refractivity contribution in [3.8, 4) is 5.75 Å². The van der Waals surface area contributed by atoms with Crippen LogP contribution in [0.25, 0.3) is 0 Å². The number of aliphatic carboxylic acids is 2. The van der Waals surface area contributed by atoms with Crippen LogP contribution in [0.15, 0.2) is 91.0 Å². The lowest BCUT2D eigenvalue weighted by atomic mass is 9.80. The van der Waals surface area contributed by atoms with E-state index in [4.69, 9.17) is 14.9 Å². The van der Waals surface area contributed by atoms with Crippen molar-refractivity contribution in [2.24, 2.45) is 5.92 Å². The number of likely N-dealkylation sites (tertiary alicyclic amines) is 1. The van der Waals surface area contributed by atoms with Gasteiger partial charge in [0.05, 0.1) is 6.61 Å². The Balaban J connectivity index is 0.000000414. The van der Waals surface area contributed by atoms with E-state index in [0.717, 1.165) is 42.9 Å². The van der Waals surface area contributed by atoms with Gasteiger partial charge in [0.2, 0.25) is 0 Å². The summed E-state index contributed by atoms with van der Waals surface area (Å²) in [5.74, 6) is -1.46. The van der Waals surface area contributed by atoms with E-state index in [2.05, 4.69) is 4.90 Å². The number of carboxylic acids is 2. The predicted molar refractivity (Wildman–Crippen MR) is 135 cm³/mol. The van der Waals surface area contributed by atoms with Gasteiger partial charge in [-0.2, -0.15) is 0 Å². The Hall–Kier alpha value is -4.04. The monoisotopic (exact) mass is 509 g/mol. The molecule has 3 aromatic rings. The molecule has 0 spiro atoms. The second-order valence-corrected chi connectivity index (χ2v) is 8.70. The van der Waals surface area contributed by atoms with Crippen molar-refractivity contribution >= 4 is 11.9 Å². The molecule has 0 saturated carbocycles. The van der Waals surface area contributed by atoms with Crippen LogP contribution < -0.4 is 4.74 Å². The standard InChI is InChI=1S/C25H25F2NO.C4H4O4/c26-22-10-6-19(7-11-22)16-28-15-14-25(20-8-12-23(27)13-9-20)21(17-28)18-29-24-4-2-1-3-5-24;5-3(6)1-2-4(7)8/h1-13,21,25H,14-18H2;1-2H,(H,5,6)(H,7,8)/b;2-1-/t21-,25-;/m1./s1. The summed E-state index contributed by atoms with van der Waals surface area (Å²) in [6.07, 6.45) is 2.10. The number of hydrogen-bond donors (Lipinski definition) is 2. The van der Waals surface area contributed by atoms with Gasteiger partial charge < -0.3 is 14.9 Å². The highest BCUT2D eigenvalue weighted by atomic mass is 19.1. The molecule has 2 atom stereocenters. The number of hydrogen-bond acceptors (Lipinski definition) is 4. The van der Waals surface area contributed by atoms with Crippen LogP contribution in [0.2, 0.25) is 0 Å². The minimum absolute atomic E-state index is 0.209. The molecule has 1 aliphatic rings. The van der Waals surface area contributed by atoms with Gasteiger partial charge in [0, 0.05) is 31.2 Å². The van der Waals surface area contributed by atoms with Crippen LogP contribution in [0.5, 0.6) is 5.75 Å². The van der Waals surface area contributed by atoms with E-state index in [0.29, 0.717) is 24.7 Å². The van der Waals surface area contributed by atoms with E-state index in [-0.39, 0.29) is 17.6 Å². The molecule has 2 N–H and O–H groups in total. The molecule has 8 heteroatoms. The summed E-state index contributed by atoms with van der Waals surface area (Å²) >= 11 is 0. The summed E-state index contributed by atoms with van der Waals surface area (Å²) in [6.45, 7) is 3.22. The number of piperidine rings is 1. The number of ether oxygens (including phenoxy) is 1. The fourth-order valence-corrected chi connectivity index (χ4v) is 4.28. The first kappa shape index (κ1) is 27.5. The maximum Gasteiger partial charge on any atom is 0.328 e. The highest BCUT2D eigenvalue weighted by Gasteiger charge is 2.31. The van der Waals surface area contributed by atoms with Crippen LogP contribution in [0.3, 0.4) is 0 Å². The predicted octanol–water partition coefficient (Wildman–Crippen LogP) is 5.36. The zero-order valence-corrected chi connectivity index (χ0v) is 20.2. The van der Waals surface area contributed by atoms with E-state index in [1.165, 1.54) is 24.3 Å². The molecule has 1 fully saturated rings. The topological polar surface area (TPSA) is 87.1 Å². The summed E-state index contributed by atoms with van der Waals surface area (Å²) in [5, 5.41) is 15.6. The maximum absolute atomic E-state index is 13.4. The number of nitrogens with zero attached hydrogens (tertiary/aromatic N) is 1. The molecule has 0 bridgehead atoms. The summed E-state index contributed by atoms with van der Waals surface area (Å²) in [4.78, 5) is 21.5. The third kappa shape index (κ3) is 9.50. The molecule has 0 aliphatic carbocycles. The van der Waals surface area contributed by atoms with Gasteiger partial charge in [0.15, 0.2) is 0 Å². The highest BCUT2D eigenvalue weighted by molar-refractivity contribution is 5.89. The lowest BCUT2D eigenvalue weighted by Crippen LogP contribution is -2.41. The molecule has 4 rings (SSSR count). The van der Waals surface area contributed by atoms with E-state index >= 15 is 0 Å². The first-order valence-electron chi connectivity index (χ1n) is 11.8. The first-order valence-corrected chi connectivity index (χ1v) is 11.8. The lowest BCUT2D eigenvalue weighted by Gasteiger charge is -2.39. The fourth-order valence-electron chi connectivity index (χ4n) is 4.28. The molecule has 3 aromatic carbocycles. The molecular formula is C29H29F2NO5. The van der Waals surface area contributed by atoms with E-state index in [9.17, 15) is 18.4 Å². The third-order valence-corrected chi connectivity index (χ3v) is 6.01. The first-order chi connectivity index (χ1) is 17.8. The van der Waals surface area contributed by atoms with Crippen molar-refractivity contribution in [1.29, 1.82) is 0 Å². The quantitative estimate of drug-likeness (QED) is 0.398. The van der Waals surface area contributed by atoms with Crippen LogP contribution in [0.4, 0.5) is 8.78 Å². The van der Waals surface area contributed by atoms with E-state index in [1.54, 1.807) is 0 Å². The summed E-state index contributed by atoms with van der Waals surface area (Å²) in [6, 6.07) is 23.4.